The molecule has 1 aromatic rings. The van der Waals surface area contributed by atoms with Gasteiger partial charge in [0, 0.05) is 9.77 Å². The lowest BCUT2D eigenvalue weighted by Gasteiger charge is -2.15. The van der Waals surface area contributed by atoms with E-state index in [2.05, 4.69) is 42.6 Å². The van der Waals surface area contributed by atoms with Crippen molar-refractivity contribution in [3.05, 3.63) is 21.5 Å². The number of hydrogen-bond donors (Lipinski definition) is 2. The molecule has 0 aromatic carbocycles. The quantitative estimate of drug-likeness (QED) is 0.318. The Morgan fingerprint density at radius 1 is 1.50 bits per heavy atom. The second-order valence-electron chi connectivity index (χ2n) is 3.77. The fourth-order valence-corrected chi connectivity index (χ4v) is 2.32. The number of halogens is 1. The topological polar surface area (TPSA) is 132 Å². The summed E-state index contributed by atoms with van der Waals surface area (Å²) in [4.78, 5) is 17.7. The third-order valence-corrected chi connectivity index (χ3v) is 3.19. The predicted molar refractivity (Wildman–Crippen MR) is 76.4 cm³/mol. The van der Waals surface area contributed by atoms with Gasteiger partial charge >= 0.3 is 5.97 Å². The summed E-state index contributed by atoms with van der Waals surface area (Å²) in [5.41, 5.74) is 13.8. The largest absolute Gasteiger partial charge is 0.464 e. The molecule has 0 unspecified atom stereocenters. The zero-order valence-electron chi connectivity index (χ0n) is 10.8. The molecule has 20 heavy (non-hydrogen) atoms. The van der Waals surface area contributed by atoms with Gasteiger partial charge in [-0.3, -0.25) is 0 Å². The van der Waals surface area contributed by atoms with Crippen LogP contribution in [0.15, 0.2) is 22.5 Å². The molecule has 0 spiro atoms. The van der Waals surface area contributed by atoms with Crippen molar-refractivity contribution in [3.63, 3.8) is 0 Å². The zero-order valence-corrected chi connectivity index (χ0v) is 12.9. The molecule has 1 aromatic heterocycles. The maximum atomic E-state index is 11.7. The predicted octanol–water partition coefficient (Wildman–Crippen LogP) is 1.91. The van der Waals surface area contributed by atoms with Crippen LogP contribution in [-0.4, -0.2) is 30.7 Å². The number of nitrogens with zero attached hydrogens (tertiary/aromatic N) is 5. The van der Waals surface area contributed by atoms with E-state index >= 15 is 0 Å². The Bertz CT molecular complexity index is 572. The molecule has 0 radical (unpaired) electrons. The summed E-state index contributed by atoms with van der Waals surface area (Å²) in [6, 6.07) is 1.51. The van der Waals surface area contributed by atoms with Gasteiger partial charge in [-0.05, 0) is 35.1 Å². The molecular formula is C10H14IN7O2+2. The molecule has 10 heteroatoms. The fraction of sp³-hybridized carbons (Fsp3) is 0.500. The van der Waals surface area contributed by atoms with Crippen molar-refractivity contribution >= 4 is 28.6 Å². The Balaban J connectivity index is 3.07. The molecule has 2 N–H and O–H groups in total. The van der Waals surface area contributed by atoms with Crippen LogP contribution in [0.25, 0.3) is 0 Å². The van der Waals surface area contributed by atoms with Gasteiger partial charge < -0.3 is 9.30 Å². The highest BCUT2D eigenvalue weighted by molar-refractivity contribution is 14.1. The highest BCUT2D eigenvalue weighted by Gasteiger charge is 2.21. The van der Waals surface area contributed by atoms with E-state index in [1.165, 1.54) is 7.11 Å². The lowest BCUT2D eigenvalue weighted by Crippen LogP contribution is -2.18. The van der Waals surface area contributed by atoms with E-state index in [4.69, 9.17) is 15.8 Å². The first-order valence-corrected chi connectivity index (χ1v) is 6.74. The fourth-order valence-electron chi connectivity index (χ4n) is 1.73. The Morgan fingerprint density at radius 2 is 2.20 bits per heavy atom. The minimum Gasteiger partial charge on any atom is -0.464 e. The van der Waals surface area contributed by atoms with Gasteiger partial charge in [-0.1, -0.05) is 0 Å². The van der Waals surface area contributed by atoms with Crippen LogP contribution in [0, 0.1) is 14.6 Å². The van der Waals surface area contributed by atoms with Gasteiger partial charge in [-0.2, -0.15) is 0 Å². The lowest BCUT2D eigenvalue weighted by atomic mass is 10.2. The highest BCUT2D eigenvalue weighted by atomic mass is 127. The first-order chi connectivity index (χ1) is 9.63. The molecule has 0 aliphatic carbocycles. The SMILES string of the molecule is COC(=O)c1cc(I)cn1[C@@H](CCN=[N+]=N)CN=[N+]=N. The summed E-state index contributed by atoms with van der Waals surface area (Å²) in [5, 5.41) is 7.25. The first-order valence-electron chi connectivity index (χ1n) is 5.66. The first kappa shape index (κ1) is 16.2. The molecule has 1 atom stereocenters. The maximum Gasteiger partial charge on any atom is 0.354 e. The van der Waals surface area contributed by atoms with Crippen LogP contribution >= 0.6 is 22.6 Å². The summed E-state index contributed by atoms with van der Waals surface area (Å²) >= 11 is 2.10. The number of esters is 1. The van der Waals surface area contributed by atoms with Crippen molar-refractivity contribution in [3.8, 4) is 0 Å². The van der Waals surface area contributed by atoms with E-state index in [0.29, 0.717) is 18.7 Å². The number of carbonyl (C=O) groups is 1. The molecule has 106 valence electrons. The van der Waals surface area contributed by atoms with Crippen LogP contribution in [0.5, 0.6) is 0 Å². The van der Waals surface area contributed by atoms with Gasteiger partial charge in [-0.15, -0.1) is 0 Å². The van der Waals surface area contributed by atoms with Crippen molar-refractivity contribution in [2.24, 2.45) is 10.2 Å². The van der Waals surface area contributed by atoms with Crippen molar-refractivity contribution in [1.29, 1.82) is 11.1 Å². The second kappa shape index (κ2) is 8.31. The third-order valence-electron chi connectivity index (χ3n) is 2.60. The van der Waals surface area contributed by atoms with Gasteiger partial charge in [-0.25, -0.2) is 4.79 Å². The number of ether oxygens (including phenoxy) is 1. The summed E-state index contributed by atoms with van der Waals surface area (Å²) < 4.78 is 7.37. The van der Waals surface area contributed by atoms with E-state index in [9.17, 15) is 4.79 Å². The summed E-state index contributed by atoms with van der Waals surface area (Å²) in [7, 11) is 1.32. The molecule has 0 amide bonds. The maximum absolute atomic E-state index is 11.7. The van der Waals surface area contributed by atoms with E-state index in [1.54, 1.807) is 16.8 Å². The average molecular weight is 391 g/mol. The number of nitrogens with one attached hydrogen (secondary N) is 2. The number of methoxy groups -OCH3 is 1. The summed E-state index contributed by atoms with van der Waals surface area (Å²) in [6.07, 6.45) is 2.32. The molecule has 0 fully saturated rings. The molecule has 0 saturated carbocycles. The van der Waals surface area contributed by atoms with Crippen LogP contribution in [0.1, 0.15) is 23.0 Å². The average Bonchev–Trinajstić information content (AvgIpc) is 2.83. The van der Waals surface area contributed by atoms with Gasteiger partial charge in [0.05, 0.1) is 13.2 Å². The number of carbonyl (C=O) groups excluding carboxylic acids is 1. The van der Waals surface area contributed by atoms with Crippen molar-refractivity contribution in [2.75, 3.05) is 20.2 Å². The van der Waals surface area contributed by atoms with Crippen molar-refractivity contribution < 1.29 is 9.53 Å². The van der Waals surface area contributed by atoms with Gasteiger partial charge in [0.25, 0.3) is 0 Å². The van der Waals surface area contributed by atoms with Crippen molar-refractivity contribution in [1.82, 2.24) is 14.4 Å². The van der Waals surface area contributed by atoms with Crippen LogP contribution in [0.3, 0.4) is 0 Å². The van der Waals surface area contributed by atoms with E-state index < -0.39 is 5.97 Å². The molecule has 1 rings (SSSR count). The molecule has 0 bridgehead atoms. The number of rotatable bonds is 7. The Hall–Kier alpha value is -1.90. The highest BCUT2D eigenvalue weighted by Crippen LogP contribution is 2.21. The summed E-state index contributed by atoms with van der Waals surface area (Å²) in [5.74, 6) is -0.442. The van der Waals surface area contributed by atoms with Gasteiger partial charge in [0.1, 0.15) is 40.1 Å². The Labute approximate surface area is 128 Å². The van der Waals surface area contributed by atoms with Crippen LogP contribution in [0.2, 0.25) is 0 Å². The Morgan fingerprint density at radius 3 is 2.80 bits per heavy atom. The second-order valence-corrected chi connectivity index (χ2v) is 5.02. The number of hydrogen-bond acceptors (Lipinski definition) is 6. The third kappa shape index (κ3) is 4.34. The monoisotopic (exact) mass is 391 g/mol. The van der Waals surface area contributed by atoms with Gasteiger partial charge in [0.15, 0.2) is 0 Å². The van der Waals surface area contributed by atoms with Crippen LogP contribution in [0.4, 0.5) is 0 Å². The smallest absolute Gasteiger partial charge is 0.354 e. The minimum atomic E-state index is -0.442. The molecule has 0 saturated heterocycles. The van der Waals surface area contributed by atoms with Crippen molar-refractivity contribution in [2.45, 2.75) is 12.5 Å². The lowest BCUT2D eigenvalue weighted by molar-refractivity contribution is 0.0585. The molecule has 0 aliphatic rings. The molecule has 0 aliphatic heterocycles. The van der Waals surface area contributed by atoms with E-state index in [1.807, 2.05) is 0 Å². The standard InChI is InChI=1S/C10H14IN7O2/c1-20-10(19)9-4-7(11)6-18(9)8(5-15-17-13)2-3-14-16-12/h4,6,8,12-13H,2-3,5H2,1H3/q+2/t8-/m0/s1. The molecule has 9 nitrogen and oxygen atoms in total. The zero-order chi connectivity index (χ0) is 15.0. The van der Waals surface area contributed by atoms with Crippen LogP contribution in [-0.2, 0) is 4.74 Å². The summed E-state index contributed by atoms with van der Waals surface area (Å²) in [6.45, 7) is 0.572. The van der Waals surface area contributed by atoms with E-state index in [0.717, 1.165) is 3.57 Å². The van der Waals surface area contributed by atoms with E-state index in [-0.39, 0.29) is 12.6 Å². The van der Waals surface area contributed by atoms with Gasteiger partial charge in [0.2, 0.25) is 9.82 Å². The molecule has 1 heterocycles. The van der Waals surface area contributed by atoms with Crippen LogP contribution < -0.4 is 9.82 Å². The minimum absolute atomic E-state index is 0.202. The normalized spacial score (nSPS) is 11.1. The number of aromatic nitrogens is 1. The Kier molecular flexibility index (Phi) is 6.71. The molecular weight excluding hydrogens is 377 g/mol.